The Labute approximate surface area is 147 Å². The summed E-state index contributed by atoms with van der Waals surface area (Å²) in [5.41, 5.74) is -0.0936. The van der Waals surface area contributed by atoms with Crippen molar-refractivity contribution < 1.29 is 19.4 Å². The number of nitrogens with zero attached hydrogens (tertiary/aromatic N) is 2. The van der Waals surface area contributed by atoms with Gasteiger partial charge in [0.1, 0.15) is 11.3 Å². The molecule has 130 valence electrons. The first-order valence-corrected chi connectivity index (χ1v) is 7.42. The van der Waals surface area contributed by atoms with Gasteiger partial charge < -0.3 is 4.74 Å². The minimum atomic E-state index is -0.938. The summed E-state index contributed by atoms with van der Waals surface area (Å²) in [6.45, 7) is 4.71. The number of carbonyl (C=O) groups excluding carboxylic acids is 1. The lowest BCUT2D eigenvalue weighted by Crippen LogP contribution is -2.11. The smallest absolute Gasteiger partial charge is 0.344 e. The largest absolute Gasteiger partial charge is 0.423 e. The van der Waals surface area contributed by atoms with Crippen molar-refractivity contribution in [2.75, 3.05) is 0 Å². The predicted molar refractivity (Wildman–Crippen MR) is 90.4 cm³/mol. The SMILES string of the molecule is Cc1cc(OC(=O)c2cc([N+](=O)[O-])c(C)c([N+](=O)[O-])c2)cc(C)c1Cl. The summed E-state index contributed by atoms with van der Waals surface area (Å²) in [6.07, 6.45) is 0. The Bertz CT molecular complexity index is 851. The third-order valence-corrected chi connectivity index (χ3v) is 4.20. The van der Waals surface area contributed by atoms with Crippen molar-refractivity contribution in [3.63, 3.8) is 0 Å². The van der Waals surface area contributed by atoms with E-state index < -0.39 is 27.2 Å². The number of hydrogen-bond donors (Lipinski definition) is 0. The van der Waals surface area contributed by atoms with Crippen molar-refractivity contribution in [1.82, 2.24) is 0 Å². The van der Waals surface area contributed by atoms with Crippen LogP contribution in [0.15, 0.2) is 24.3 Å². The van der Waals surface area contributed by atoms with Crippen LogP contribution in [0.3, 0.4) is 0 Å². The fourth-order valence-corrected chi connectivity index (χ4v) is 2.42. The van der Waals surface area contributed by atoms with Crippen LogP contribution in [0.4, 0.5) is 11.4 Å². The number of carbonyl (C=O) groups is 1. The zero-order valence-electron chi connectivity index (χ0n) is 13.5. The van der Waals surface area contributed by atoms with Crippen LogP contribution in [0.2, 0.25) is 5.02 Å². The maximum atomic E-state index is 12.3. The molecule has 0 heterocycles. The Balaban J connectivity index is 2.46. The second-order valence-electron chi connectivity index (χ2n) is 5.41. The highest BCUT2D eigenvalue weighted by Crippen LogP contribution is 2.31. The molecular formula is C16H13ClN2O6. The normalized spacial score (nSPS) is 10.4. The molecule has 0 radical (unpaired) electrons. The number of aryl methyl sites for hydroxylation is 2. The number of halogens is 1. The molecule has 0 aliphatic carbocycles. The first kappa shape index (κ1) is 18.3. The molecule has 0 atom stereocenters. The van der Waals surface area contributed by atoms with Gasteiger partial charge in [-0.15, -0.1) is 0 Å². The van der Waals surface area contributed by atoms with E-state index in [1.54, 1.807) is 13.8 Å². The number of hydrogen-bond acceptors (Lipinski definition) is 6. The molecule has 0 aromatic heterocycles. The van der Waals surface area contributed by atoms with Gasteiger partial charge in [0.15, 0.2) is 0 Å². The average Bonchev–Trinajstić information content (AvgIpc) is 2.51. The van der Waals surface area contributed by atoms with E-state index in [2.05, 4.69) is 0 Å². The fourth-order valence-electron chi connectivity index (χ4n) is 2.31. The Morgan fingerprint density at radius 1 is 0.960 bits per heavy atom. The summed E-state index contributed by atoms with van der Waals surface area (Å²) in [5.74, 6) is -0.748. The van der Waals surface area contributed by atoms with Crippen LogP contribution in [0.25, 0.3) is 0 Å². The van der Waals surface area contributed by atoms with E-state index in [4.69, 9.17) is 16.3 Å². The van der Waals surface area contributed by atoms with E-state index in [1.165, 1.54) is 19.1 Å². The van der Waals surface area contributed by atoms with Crippen LogP contribution in [0.1, 0.15) is 27.0 Å². The van der Waals surface area contributed by atoms with Crippen LogP contribution in [0.5, 0.6) is 5.75 Å². The lowest BCUT2D eigenvalue weighted by molar-refractivity contribution is -0.395. The monoisotopic (exact) mass is 364 g/mol. The van der Waals surface area contributed by atoms with Gasteiger partial charge in [-0.1, -0.05) is 11.6 Å². The van der Waals surface area contributed by atoms with E-state index in [0.29, 0.717) is 16.1 Å². The molecule has 0 aliphatic rings. The van der Waals surface area contributed by atoms with Crippen LogP contribution < -0.4 is 4.74 Å². The molecule has 8 nitrogen and oxygen atoms in total. The number of esters is 1. The molecule has 0 amide bonds. The molecule has 2 aromatic carbocycles. The summed E-state index contributed by atoms with van der Waals surface area (Å²) in [4.78, 5) is 32.9. The number of benzene rings is 2. The molecule has 9 heteroatoms. The lowest BCUT2D eigenvalue weighted by Gasteiger charge is -2.09. The van der Waals surface area contributed by atoms with Gasteiger partial charge in [-0.05, 0) is 44.0 Å². The van der Waals surface area contributed by atoms with Gasteiger partial charge in [-0.25, -0.2) is 4.79 Å². The highest BCUT2D eigenvalue weighted by molar-refractivity contribution is 6.32. The number of ether oxygens (including phenoxy) is 1. The van der Waals surface area contributed by atoms with Gasteiger partial charge in [0.05, 0.1) is 15.4 Å². The highest BCUT2D eigenvalue weighted by atomic mass is 35.5. The average molecular weight is 365 g/mol. The van der Waals surface area contributed by atoms with Crippen molar-refractivity contribution in [3.8, 4) is 5.75 Å². The molecule has 0 saturated carbocycles. The molecule has 0 unspecified atom stereocenters. The van der Waals surface area contributed by atoms with Crippen molar-refractivity contribution in [3.05, 3.63) is 71.8 Å². The quantitative estimate of drug-likeness (QED) is 0.346. The van der Waals surface area contributed by atoms with Gasteiger partial charge in [0.25, 0.3) is 11.4 Å². The second kappa shape index (κ2) is 6.86. The van der Waals surface area contributed by atoms with Crippen molar-refractivity contribution in [2.45, 2.75) is 20.8 Å². The summed E-state index contributed by atoms with van der Waals surface area (Å²) in [6, 6.07) is 4.98. The minimum absolute atomic E-state index is 0.135. The van der Waals surface area contributed by atoms with E-state index in [0.717, 1.165) is 12.1 Å². The standard InChI is InChI=1S/C16H13ClN2O6/c1-8-4-12(5-9(2)15(8)17)25-16(20)11-6-13(18(21)22)10(3)14(7-11)19(23)24/h4-7H,1-3H3. The molecule has 0 N–H and O–H groups in total. The molecule has 25 heavy (non-hydrogen) atoms. The Kier molecular flexibility index (Phi) is 5.03. The van der Waals surface area contributed by atoms with Crippen molar-refractivity contribution in [1.29, 1.82) is 0 Å². The minimum Gasteiger partial charge on any atom is -0.423 e. The van der Waals surface area contributed by atoms with Gasteiger partial charge in [-0.2, -0.15) is 0 Å². The number of nitro benzene ring substituents is 2. The van der Waals surface area contributed by atoms with Crippen LogP contribution in [0, 0.1) is 41.0 Å². The lowest BCUT2D eigenvalue weighted by atomic mass is 10.1. The summed E-state index contributed by atoms with van der Waals surface area (Å²) < 4.78 is 5.18. The van der Waals surface area contributed by atoms with Crippen LogP contribution >= 0.6 is 11.6 Å². The van der Waals surface area contributed by atoms with E-state index in [1.807, 2.05) is 0 Å². The second-order valence-corrected chi connectivity index (χ2v) is 5.79. The molecule has 2 aromatic rings. The van der Waals surface area contributed by atoms with Crippen molar-refractivity contribution >= 4 is 28.9 Å². The number of nitro groups is 2. The molecule has 2 rings (SSSR count). The molecule has 0 saturated heterocycles. The highest BCUT2D eigenvalue weighted by Gasteiger charge is 2.26. The van der Waals surface area contributed by atoms with Gasteiger partial charge in [0, 0.05) is 17.2 Å². The zero-order chi connectivity index (χ0) is 18.9. The third-order valence-electron chi connectivity index (χ3n) is 3.60. The summed E-state index contributed by atoms with van der Waals surface area (Å²) in [7, 11) is 0. The molecule has 0 bridgehead atoms. The Morgan fingerprint density at radius 3 is 1.80 bits per heavy atom. The third kappa shape index (κ3) is 3.74. The maximum Gasteiger partial charge on any atom is 0.344 e. The van der Waals surface area contributed by atoms with E-state index >= 15 is 0 Å². The first-order chi connectivity index (χ1) is 11.6. The van der Waals surface area contributed by atoms with E-state index in [-0.39, 0.29) is 16.9 Å². The van der Waals surface area contributed by atoms with Crippen molar-refractivity contribution in [2.24, 2.45) is 0 Å². The van der Waals surface area contributed by atoms with Crippen LogP contribution in [-0.2, 0) is 0 Å². The fraction of sp³-hybridized carbons (Fsp3) is 0.188. The van der Waals surface area contributed by atoms with Gasteiger partial charge in [-0.3, -0.25) is 20.2 Å². The first-order valence-electron chi connectivity index (χ1n) is 7.04. The molecule has 0 aliphatic heterocycles. The predicted octanol–water partition coefficient (Wildman–Crippen LogP) is 4.30. The van der Waals surface area contributed by atoms with Crippen LogP contribution in [-0.4, -0.2) is 15.8 Å². The van der Waals surface area contributed by atoms with Gasteiger partial charge in [0.2, 0.25) is 0 Å². The molecular weight excluding hydrogens is 352 g/mol. The van der Waals surface area contributed by atoms with E-state index in [9.17, 15) is 25.0 Å². The Morgan fingerprint density at radius 2 is 1.40 bits per heavy atom. The van der Waals surface area contributed by atoms with Gasteiger partial charge >= 0.3 is 5.97 Å². The number of rotatable bonds is 4. The zero-order valence-corrected chi connectivity index (χ0v) is 14.3. The Hall–Kier alpha value is -3.00. The summed E-state index contributed by atoms with van der Waals surface area (Å²) >= 11 is 6.04. The molecule has 0 spiro atoms. The summed E-state index contributed by atoms with van der Waals surface area (Å²) in [5, 5.41) is 22.7. The maximum absolute atomic E-state index is 12.3. The topological polar surface area (TPSA) is 113 Å². The molecule has 0 fully saturated rings.